The van der Waals surface area contributed by atoms with Gasteiger partial charge >= 0.3 is 0 Å². The summed E-state index contributed by atoms with van der Waals surface area (Å²) in [6.07, 6.45) is 0.330. The average Bonchev–Trinajstić information content (AvgIpc) is 2.49. The average molecular weight is 201 g/mol. The van der Waals surface area contributed by atoms with Crippen LogP contribution in [-0.4, -0.2) is 49.2 Å². The first kappa shape index (κ1) is 11.4. The molecule has 0 radical (unpaired) electrons. The fourth-order valence-corrected chi connectivity index (χ4v) is 1.76. The molecule has 0 spiro atoms. The first-order chi connectivity index (χ1) is 6.61. The smallest absolute Gasteiger partial charge is 0.253 e. The summed E-state index contributed by atoms with van der Waals surface area (Å²) < 4.78 is 5.00. The van der Waals surface area contributed by atoms with Crippen molar-refractivity contribution in [2.24, 2.45) is 11.5 Å². The summed E-state index contributed by atoms with van der Waals surface area (Å²) in [6.45, 7) is 2.88. The lowest BCUT2D eigenvalue weighted by atomic mass is 10.1. The third-order valence-corrected chi connectivity index (χ3v) is 2.87. The lowest BCUT2D eigenvalue weighted by Gasteiger charge is -2.26. The van der Waals surface area contributed by atoms with Crippen LogP contribution in [0.2, 0.25) is 0 Å². The fraction of sp³-hybridized carbons (Fsp3) is 0.889. The molecule has 1 fully saturated rings. The molecule has 0 bridgehead atoms. The van der Waals surface area contributed by atoms with E-state index in [1.807, 2.05) is 6.92 Å². The lowest BCUT2D eigenvalue weighted by Crippen LogP contribution is -2.47. The Morgan fingerprint density at radius 3 is 2.71 bits per heavy atom. The van der Waals surface area contributed by atoms with E-state index in [4.69, 9.17) is 16.2 Å². The molecular weight excluding hydrogens is 182 g/mol. The van der Waals surface area contributed by atoms with Gasteiger partial charge in [0.1, 0.15) is 6.10 Å². The van der Waals surface area contributed by atoms with Crippen molar-refractivity contribution in [3.05, 3.63) is 0 Å². The van der Waals surface area contributed by atoms with Gasteiger partial charge in [0.05, 0.1) is 0 Å². The number of nitrogens with zero attached hydrogens (tertiary/aromatic N) is 1. The Bertz CT molecular complexity index is 206. The maximum Gasteiger partial charge on any atom is 0.253 e. The minimum atomic E-state index is -0.525. The summed E-state index contributed by atoms with van der Waals surface area (Å²) in [5, 5.41) is 0. The van der Waals surface area contributed by atoms with Crippen LogP contribution < -0.4 is 11.5 Å². The second-order valence-corrected chi connectivity index (χ2v) is 3.68. The van der Waals surface area contributed by atoms with Crippen molar-refractivity contribution in [2.45, 2.75) is 31.5 Å². The van der Waals surface area contributed by atoms with E-state index in [9.17, 15) is 4.79 Å². The molecule has 0 aliphatic carbocycles. The van der Waals surface area contributed by atoms with Crippen molar-refractivity contribution in [1.82, 2.24) is 4.90 Å². The quantitative estimate of drug-likeness (QED) is 0.608. The zero-order valence-corrected chi connectivity index (χ0v) is 8.77. The molecule has 1 amide bonds. The molecule has 3 unspecified atom stereocenters. The largest absolute Gasteiger partial charge is 0.370 e. The van der Waals surface area contributed by atoms with Gasteiger partial charge in [-0.2, -0.15) is 0 Å². The van der Waals surface area contributed by atoms with Gasteiger partial charge in [0, 0.05) is 32.3 Å². The van der Waals surface area contributed by atoms with E-state index in [0.29, 0.717) is 6.54 Å². The van der Waals surface area contributed by atoms with Gasteiger partial charge in [-0.25, -0.2) is 0 Å². The summed E-state index contributed by atoms with van der Waals surface area (Å²) in [5.41, 5.74) is 11.3. The molecule has 4 N–H and O–H groups in total. The van der Waals surface area contributed by atoms with Crippen LogP contribution in [0, 0.1) is 0 Å². The number of nitrogens with two attached hydrogens (primary N) is 2. The lowest BCUT2D eigenvalue weighted by molar-refractivity contribution is -0.142. The van der Waals surface area contributed by atoms with Gasteiger partial charge in [-0.05, 0) is 13.3 Å². The number of rotatable bonds is 3. The predicted molar refractivity (Wildman–Crippen MR) is 53.6 cm³/mol. The number of likely N-dealkylation sites (tertiary alicyclic amines) is 1. The van der Waals surface area contributed by atoms with Crippen LogP contribution in [0.25, 0.3) is 0 Å². The van der Waals surface area contributed by atoms with Crippen molar-refractivity contribution >= 4 is 5.91 Å². The van der Waals surface area contributed by atoms with Gasteiger partial charge in [0.15, 0.2) is 0 Å². The standard InChI is InChI=1S/C9H19N3O2/c1-6-7(11)3-4-12(6)9(13)8(5-10)14-2/h6-8H,3-5,10-11H2,1-2H3. The fourth-order valence-electron chi connectivity index (χ4n) is 1.76. The van der Waals surface area contributed by atoms with Crippen molar-refractivity contribution in [1.29, 1.82) is 0 Å². The van der Waals surface area contributed by atoms with Crippen LogP contribution in [0.3, 0.4) is 0 Å². The van der Waals surface area contributed by atoms with E-state index in [1.54, 1.807) is 4.90 Å². The molecule has 1 saturated heterocycles. The number of amides is 1. The van der Waals surface area contributed by atoms with Gasteiger partial charge in [-0.1, -0.05) is 0 Å². The molecule has 14 heavy (non-hydrogen) atoms. The van der Waals surface area contributed by atoms with Crippen molar-refractivity contribution in [3.8, 4) is 0 Å². The van der Waals surface area contributed by atoms with Crippen LogP contribution in [0.15, 0.2) is 0 Å². The van der Waals surface area contributed by atoms with E-state index < -0.39 is 6.10 Å². The summed E-state index contributed by atoms with van der Waals surface area (Å²) in [6, 6.07) is 0.168. The molecule has 0 saturated carbocycles. The number of ether oxygens (including phenoxy) is 1. The molecule has 1 aliphatic rings. The Morgan fingerprint density at radius 2 is 2.36 bits per heavy atom. The first-order valence-electron chi connectivity index (χ1n) is 4.90. The minimum absolute atomic E-state index is 0.0459. The Kier molecular flexibility index (Phi) is 3.86. The van der Waals surface area contributed by atoms with E-state index in [-0.39, 0.29) is 24.5 Å². The highest BCUT2D eigenvalue weighted by Crippen LogP contribution is 2.17. The van der Waals surface area contributed by atoms with Crippen LogP contribution in [0.5, 0.6) is 0 Å². The number of hydrogen-bond donors (Lipinski definition) is 2. The van der Waals surface area contributed by atoms with E-state index in [2.05, 4.69) is 0 Å². The zero-order valence-electron chi connectivity index (χ0n) is 8.77. The molecule has 5 heteroatoms. The molecular formula is C9H19N3O2. The van der Waals surface area contributed by atoms with Gasteiger partial charge in [0.25, 0.3) is 5.91 Å². The molecule has 82 valence electrons. The van der Waals surface area contributed by atoms with Crippen LogP contribution in [0.1, 0.15) is 13.3 Å². The Morgan fingerprint density at radius 1 is 1.71 bits per heavy atom. The number of carbonyl (C=O) groups excluding carboxylic acids is 1. The van der Waals surface area contributed by atoms with Crippen molar-refractivity contribution in [2.75, 3.05) is 20.2 Å². The van der Waals surface area contributed by atoms with Crippen LogP contribution in [-0.2, 0) is 9.53 Å². The van der Waals surface area contributed by atoms with Crippen molar-refractivity contribution in [3.63, 3.8) is 0 Å². The highest BCUT2D eigenvalue weighted by atomic mass is 16.5. The van der Waals surface area contributed by atoms with Gasteiger partial charge < -0.3 is 21.1 Å². The van der Waals surface area contributed by atoms with Gasteiger partial charge in [0.2, 0.25) is 0 Å². The van der Waals surface area contributed by atoms with Gasteiger partial charge in [-0.3, -0.25) is 4.79 Å². The highest BCUT2D eigenvalue weighted by Gasteiger charge is 2.34. The first-order valence-corrected chi connectivity index (χ1v) is 4.90. The molecule has 3 atom stereocenters. The summed E-state index contributed by atoms with van der Waals surface area (Å²) >= 11 is 0. The second-order valence-electron chi connectivity index (χ2n) is 3.68. The predicted octanol–water partition coefficient (Wildman–Crippen LogP) is -1.09. The molecule has 0 aromatic heterocycles. The molecule has 0 aromatic carbocycles. The monoisotopic (exact) mass is 201 g/mol. The van der Waals surface area contributed by atoms with E-state index in [0.717, 1.165) is 6.42 Å². The molecule has 0 aromatic rings. The van der Waals surface area contributed by atoms with Gasteiger partial charge in [-0.15, -0.1) is 0 Å². The summed E-state index contributed by atoms with van der Waals surface area (Å²) in [7, 11) is 1.50. The van der Waals surface area contributed by atoms with E-state index >= 15 is 0 Å². The van der Waals surface area contributed by atoms with Crippen LogP contribution >= 0.6 is 0 Å². The summed E-state index contributed by atoms with van der Waals surface area (Å²) in [4.78, 5) is 13.6. The third kappa shape index (κ3) is 2.05. The normalized spacial score (nSPS) is 29.3. The Hall–Kier alpha value is -0.650. The topological polar surface area (TPSA) is 81.6 Å². The number of carbonyl (C=O) groups is 1. The third-order valence-electron chi connectivity index (χ3n) is 2.87. The molecule has 1 heterocycles. The number of hydrogen-bond acceptors (Lipinski definition) is 4. The maximum absolute atomic E-state index is 11.8. The zero-order chi connectivity index (χ0) is 10.7. The highest BCUT2D eigenvalue weighted by molar-refractivity contribution is 5.81. The van der Waals surface area contributed by atoms with Crippen LogP contribution in [0.4, 0.5) is 0 Å². The number of methoxy groups -OCH3 is 1. The Balaban J connectivity index is 2.60. The van der Waals surface area contributed by atoms with Crippen molar-refractivity contribution < 1.29 is 9.53 Å². The minimum Gasteiger partial charge on any atom is -0.370 e. The second kappa shape index (κ2) is 4.72. The SMILES string of the molecule is COC(CN)C(=O)N1CCC(N)C1C. The molecule has 5 nitrogen and oxygen atoms in total. The maximum atomic E-state index is 11.8. The van der Waals surface area contributed by atoms with E-state index in [1.165, 1.54) is 7.11 Å². The molecule has 1 rings (SSSR count). The Labute approximate surface area is 84.4 Å². The summed E-state index contributed by atoms with van der Waals surface area (Å²) in [5.74, 6) is -0.0459. The molecule has 1 aliphatic heterocycles.